The summed E-state index contributed by atoms with van der Waals surface area (Å²) in [5.74, 6) is 2.25. The monoisotopic (exact) mass is 647 g/mol. The minimum absolute atomic E-state index is 0.150. The van der Waals surface area contributed by atoms with Gasteiger partial charge in [-0.05, 0) is 132 Å². The van der Waals surface area contributed by atoms with Crippen molar-refractivity contribution in [1.29, 1.82) is 0 Å². The number of aliphatic hydroxyl groups excluding tert-OH is 2. The van der Waals surface area contributed by atoms with Crippen molar-refractivity contribution in [3.05, 3.63) is 21.6 Å². The summed E-state index contributed by atoms with van der Waals surface area (Å²) in [5.41, 5.74) is 1.26. The lowest BCUT2D eigenvalue weighted by molar-refractivity contribution is -0.174. The van der Waals surface area contributed by atoms with Crippen molar-refractivity contribution in [3.63, 3.8) is 0 Å². The van der Waals surface area contributed by atoms with Crippen molar-refractivity contribution in [3.8, 4) is 5.88 Å². The van der Waals surface area contributed by atoms with E-state index in [-0.39, 0.29) is 40.5 Å². The van der Waals surface area contributed by atoms with Crippen molar-refractivity contribution in [2.45, 2.75) is 97.2 Å². The maximum absolute atomic E-state index is 12.8. The molecule has 1 amide bonds. The molecule has 1 aromatic carbocycles. The van der Waals surface area contributed by atoms with Crippen LogP contribution in [0.4, 0.5) is 5.69 Å². The van der Waals surface area contributed by atoms with Crippen LogP contribution in [0, 0.1) is 46.3 Å². The fourth-order valence-corrected chi connectivity index (χ4v) is 11.1. The summed E-state index contributed by atoms with van der Waals surface area (Å²) in [5, 5.41) is 41.3. The van der Waals surface area contributed by atoms with E-state index in [1.54, 1.807) is 12.1 Å². The number of aromatic nitrogens is 1. The summed E-state index contributed by atoms with van der Waals surface area (Å²) >= 11 is 9.60. The van der Waals surface area contributed by atoms with Gasteiger partial charge in [0.1, 0.15) is 0 Å². The molecule has 224 valence electrons. The van der Waals surface area contributed by atoms with E-state index in [0.29, 0.717) is 62.3 Å². The minimum atomic E-state index is -0.295. The van der Waals surface area contributed by atoms with E-state index in [9.17, 15) is 20.1 Å². The standard InChI is InChI=1S/C32H43BrClN3O4/c1-16(4-7-26(40)36-37-29-20-14-18(34)15-24(33)28(20)35-30(29)41)21-5-6-22-27-23(9-11-32(21,22)3)31(2)10-8-19(38)12-17(31)13-25(27)39/h14-17,19,21-23,25,27,35,38-39,41H,4-13H2,1-3H3. The fourth-order valence-electron chi connectivity index (χ4n) is 10.2. The van der Waals surface area contributed by atoms with Gasteiger partial charge in [0.25, 0.3) is 5.91 Å². The van der Waals surface area contributed by atoms with Crippen LogP contribution in [0.25, 0.3) is 10.9 Å². The summed E-state index contributed by atoms with van der Waals surface area (Å²) in [6.45, 7) is 7.18. The zero-order chi connectivity index (χ0) is 29.3. The molecule has 0 aliphatic heterocycles. The largest absolute Gasteiger partial charge is 0.493 e. The number of H-pyrrole nitrogens is 1. The number of hydrogen-bond acceptors (Lipinski definition) is 5. The Labute approximate surface area is 255 Å². The van der Waals surface area contributed by atoms with Crippen LogP contribution in [0.15, 0.2) is 26.8 Å². The molecule has 4 saturated carbocycles. The van der Waals surface area contributed by atoms with E-state index < -0.39 is 0 Å². The van der Waals surface area contributed by atoms with Crippen LogP contribution in [-0.2, 0) is 4.79 Å². The SMILES string of the molecule is CC(CCC(=O)N=Nc1c(O)[nH]c2c(Br)cc(Cl)cc12)C1CCC2C3C(O)CC4CC(O)CCC4(C)C3CCC12C. The lowest BCUT2D eigenvalue weighted by atomic mass is 9.43. The van der Waals surface area contributed by atoms with Crippen LogP contribution < -0.4 is 0 Å². The highest BCUT2D eigenvalue weighted by Crippen LogP contribution is 2.68. The first kappa shape index (κ1) is 29.6. The van der Waals surface area contributed by atoms with Crippen molar-refractivity contribution in [2.75, 3.05) is 0 Å². The first-order valence-corrected chi connectivity index (χ1v) is 16.6. The molecule has 0 saturated heterocycles. The highest BCUT2D eigenvalue weighted by Gasteiger charge is 2.62. The lowest BCUT2D eigenvalue weighted by Crippen LogP contribution is -2.58. The molecule has 2 aromatic rings. The smallest absolute Gasteiger partial charge is 0.264 e. The predicted octanol–water partition coefficient (Wildman–Crippen LogP) is 8.31. The molecule has 1 heterocycles. The fraction of sp³-hybridized carbons (Fsp3) is 0.719. The number of nitrogens with one attached hydrogen (secondary N) is 1. The number of aromatic amines is 1. The molecular formula is C32H43BrClN3O4. The third-order valence-electron chi connectivity index (χ3n) is 12.3. The molecular weight excluding hydrogens is 606 g/mol. The Bertz CT molecular complexity index is 1360. The number of rotatable bonds is 5. The van der Waals surface area contributed by atoms with Gasteiger partial charge < -0.3 is 20.3 Å². The summed E-state index contributed by atoms with van der Waals surface area (Å²) in [4.78, 5) is 15.6. The van der Waals surface area contributed by atoms with E-state index in [4.69, 9.17) is 11.6 Å². The van der Waals surface area contributed by atoms with Crippen molar-refractivity contribution in [1.82, 2.24) is 4.98 Å². The first-order valence-electron chi connectivity index (χ1n) is 15.4. The Morgan fingerprint density at radius 2 is 1.85 bits per heavy atom. The number of fused-ring (bicyclic) bond motifs is 6. The van der Waals surface area contributed by atoms with E-state index in [1.807, 2.05) is 0 Å². The van der Waals surface area contributed by atoms with Gasteiger partial charge in [-0.2, -0.15) is 0 Å². The number of aliphatic hydroxyl groups is 2. The number of halogens is 2. The lowest BCUT2D eigenvalue weighted by Gasteiger charge is -2.62. The van der Waals surface area contributed by atoms with Crippen molar-refractivity contribution in [2.24, 2.45) is 56.6 Å². The molecule has 41 heavy (non-hydrogen) atoms. The van der Waals surface area contributed by atoms with Gasteiger partial charge in [-0.1, -0.05) is 32.4 Å². The summed E-state index contributed by atoms with van der Waals surface area (Å²) < 4.78 is 0.696. The van der Waals surface area contributed by atoms with E-state index in [0.717, 1.165) is 51.4 Å². The van der Waals surface area contributed by atoms with Crippen LogP contribution in [0.3, 0.4) is 0 Å². The summed E-state index contributed by atoms with van der Waals surface area (Å²) in [6, 6.07) is 3.41. The molecule has 7 nitrogen and oxygen atoms in total. The van der Waals surface area contributed by atoms with Crippen LogP contribution in [0.2, 0.25) is 5.02 Å². The molecule has 4 N–H and O–H groups in total. The van der Waals surface area contributed by atoms with E-state index in [2.05, 4.69) is 51.9 Å². The van der Waals surface area contributed by atoms with Crippen LogP contribution >= 0.6 is 27.5 Å². The van der Waals surface area contributed by atoms with Gasteiger partial charge in [0, 0.05) is 21.3 Å². The van der Waals surface area contributed by atoms with Gasteiger partial charge in [0.15, 0.2) is 5.69 Å². The first-order chi connectivity index (χ1) is 19.4. The summed E-state index contributed by atoms with van der Waals surface area (Å²) in [7, 11) is 0. The Kier molecular flexibility index (Phi) is 7.87. The quantitative estimate of drug-likeness (QED) is 0.244. The average Bonchev–Trinajstić information content (AvgIpc) is 3.43. The molecule has 10 unspecified atom stereocenters. The van der Waals surface area contributed by atoms with Gasteiger partial charge in [-0.3, -0.25) is 4.79 Å². The topological polar surface area (TPSA) is 118 Å². The highest BCUT2D eigenvalue weighted by molar-refractivity contribution is 9.10. The number of azo groups is 1. The molecule has 0 spiro atoms. The maximum atomic E-state index is 12.8. The molecule has 9 heteroatoms. The van der Waals surface area contributed by atoms with Gasteiger partial charge >= 0.3 is 0 Å². The zero-order valence-corrected chi connectivity index (χ0v) is 26.6. The maximum Gasteiger partial charge on any atom is 0.264 e. The van der Waals surface area contributed by atoms with Gasteiger partial charge in [-0.15, -0.1) is 10.2 Å². The van der Waals surface area contributed by atoms with Crippen molar-refractivity contribution >= 4 is 50.0 Å². The normalized spacial score (nSPS) is 39.4. The third-order valence-corrected chi connectivity index (χ3v) is 13.1. The number of aromatic hydroxyl groups is 1. The molecule has 10 atom stereocenters. The van der Waals surface area contributed by atoms with Crippen LogP contribution in [-0.4, -0.2) is 38.4 Å². The molecule has 1 aromatic heterocycles. The number of carbonyl (C=O) groups is 1. The molecule has 0 radical (unpaired) electrons. The molecule has 4 aliphatic carbocycles. The van der Waals surface area contributed by atoms with E-state index >= 15 is 0 Å². The minimum Gasteiger partial charge on any atom is -0.493 e. The van der Waals surface area contributed by atoms with Crippen LogP contribution in [0.5, 0.6) is 5.88 Å². The molecule has 0 bridgehead atoms. The van der Waals surface area contributed by atoms with Crippen molar-refractivity contribution < 1.29 is 20.1 Å². The number of hydrogen-bond donors (Lipinski definition) is 4. The number of nitrogens with zero attached hydrogens (tertiary/aromatic N) is 2. The Hall–Kier alpha value is -1.48. The summed E-state index contributed by atoms with van der Waals surface area (Å²) in [6.07, 6.45) is 8.84. The second kappa shape index (κ2) is 10.9. The number of benzene rings is 1. The highest BCUT2D eigenvalue weighted by atomic mass is 79.9. The number of carbonyl (C=O) groups excluding carboxylic acids is 1. The van der Waals surface area contributed by atoms with Gasteiger partial charge in [0.05, 0.1) is 17.7 Å². The zero-order valence-electron chi connectivity index (χ0n) is 24.2. The molecule has 4 fully saturated rings. The Morgan fingerprint density at radius 1 is 1.12 bits per heavy atom. The second-order valence-electron chi connectivity index (χ2n) is 14.2. The third kappa shape index (κ3) is 4.98. The van der Waals surface area contributed by atoms with E-state index in [1.165, 1.54) is 6.42 Å². The van der Waals surface area contributed by atoms with Gasteiger partial charge in [0.2, 0.25) is 5.88 Å². The second-order valence-corrected chi connectivity index (χ2v) is 15.5. The van der Waals surface area contributed by atoms with Gasteiger partial charge in [-0.25, -0.2) is 0 Å². The predicted molar refractivity (Wildman–Crippen MR) is 163 cm³/mol. The Morgan fingerprint density at radius 3 is 2.63 bits per heavy atom. The number of amides is 1. The Balaban J connectivity index is 1.11. The van der Waals surface area contributed by atoms with Crippen LogP contribution in [0.1, 0.15) is 85.0 Å². The molecule has 6 rings (SSSR count). The molecule has 4 aliphatic rings. The average molecular weight is 649 g/mol.